The summed E-state index contributed by atoms with van der Waals surface area (Å²) in [5.74, 6) is 0.633. The zero-order valence-electron chi connectivity index (χ0n) is 13.2. The molecule has 0 spiro atoms. The number of nitrogens with one attached hydrogen (secondary N) is 1. The van der Waals surface area contributed by atoms with Crippen LogP contribution in [0.1, 0.15) is 31.7 Å². The van der Waals surface area contributed by atoms with Gasteiger partial charge in [-0.05, 0) is 49.4 Å². The molecule has 0 amide bonds. The van der Waals surface area contributed by atoms with Gasteiger partial charge in [-0.3, -0.25) is 0 Å². The van der Waals surface area contributed by atoms with E-state index in [0.717, 1.165) is 44.2 Å². The number of piperidine rings is 1. The largest absolute Gasteiger partial charge is 0.384 e. The van der Waals surface area contributed by atoms with Crippen LogP contribution < -0.4 is 10.2 Å². The van der Waals surface area contributed by atoms with Gasteiger partial charge in [0.1, 0.15) is 0 Å². The predicted molar refractivity (Wildman–Crippen MR) is 90.3 cm³/mol. The fourth-order valence-electron chi connectivity index (χ4n) is 2.95. The van der Waals surface area contributed by atoms with Gasteiger partial charge in [-0.25, -0.2) is 0 Å². The lowest BCUT2D eigenvalue weighted by Crippen LogP contribution is -2.37. The summed E-state index contributed by atoms with van der Waals surface area (Å²) in [6, 6.07) is 6.46. The summed E-state index contributed by atoms with van der Waals surface area (Å²) in [4.78, 5) is 2.43. The van der Waals surface area contributed by atoms with Gasteiger partial charge in [-0.2, -0.15) is 0 Å². The number of ether oxygens (including phenoxy) is 1. The Hall–Kier alpha value is -0.770. The van der Waals surface area contributed by atoms with Crippen molar-refractivity contribution in [2.75, 3.05) is 38.3 Å². The van der Waals surface area contributed by atoms with Crippen LogP contribution in [0.4, 0.5) is 5.69 Å². The van der Waals surface area contributed by atoms with Crippen molar-refractivity contribution in [1.82, 2.24) is 5.32 Å². The molecule has 118 valence electrons. The minimum Gasteiger partial charge on any atom is -0.384 e. The van der Waals surface area contributed by atoms with Crippen LogP contribution >= 0.6 is 11.6 Å². The minimum atomic E-state index is 0.633. The summed E-state index contributed by atoms with van der Waals surface area (Å²) < 4.78 is 5.30. The number of methoxy groups -OCH3 is 1. The normalized spacial score (nSPS) is 19.0. The van der Waals surface area contributed by atoms with Crippen molar-refractivity contribution >= 4 is 17.3 Å². The molecule has 1 aromatic carbocycles. The number of halogens is 1. The van der Waals surface area contributed by atoms with Crippen molar-refractivity contribution in [2.24, 2.45) is 5.92 Å². The van der Waals surface area contributed by atoms with Gasteiger partial charge >= 0.3 is 0 Å². The van der Waals surface area contributed by atoms with Crippen molar-refractivity contribution in [1.29, 1.82) is 0 Å². The molecular formula is C17H27ClN2O. The monoisotopic (exact) mass is 310 g/mol. The number of hydrogen-bond donors (Lipinski definition) is 1. The molecule has 0 aliphatic carbocycles. The first-order valence-corrected chi connectivity index (χ1v) is 8.35. The van der Waals surface area contributed by atoms with Gasteiger partial charge < -0.3 is 15.0 Å². The van der Waals surface area contributed by atoms with E-state index in [4.69, 9.17) is 16.3 Å². The molecule has 1 saturated heterocycles. The smallest absolute Gasteiger partial charge is 0.0507 e. The topological polar surface area (TPSA) is 24.5 Å². The summed E-state index contributed by atoms with van der Waals surface area (Å²) >= 11 is 6.43. The third-order valence-corrected chi connectivity index (χ3v) is 4.42. The maximum atomic E-state index is 6.43. The Kier molecular flexibility index (Phi) is 6.81. The summed E-state index contributed by atoms with van der Waals surface area (Å²) in [6.45, 7) is 7.08. The molecule has 1 fully saturated rings. The highest BCUT2D eigenvalue weighted by atomic mass is 35.5. The van der Waals surface area contributed by atoms with E-state index in [1.807, 2.05) is 0 Å². The van der Waals surface area contributed by atoms with E-state index >= 15 is 0 Å². The summed E-state index contributed by atoms with van der Waals surface area (Å²) in [6.07, 6.45) is 3.63. The zero-order valence-corrected chi connectivity index (χ0v) is 14.0. The zero-order chi connectivity index (χ0) is 15.1. The molecule has 1 N–H and O–H groups in total. The van der Waals surface area contributed by atoms with E-state index in [-0.39, 0.29) is 0 Å². The molecule has 21 heavy (non-hydrogen) atoms. The number of benzene rings is 1. The summed E-state index contributed by atoms with van der Waals surface area (Å²) in [5.41, 5.74) is 2.42. The van der Waals surface area contributed by atoms with E-state index < -0.39 is 0 Å². The molecule has 0 aromatic heterocycles. The maximum Gasteiger partial charge on any atom is 0.0507 e. The highest BCUT2D eigenvalue weighted by molar-refractivity contribution is 6.31. The lowest BCUT2D eigenvalue weighted by Gasteiger charge is -2.34. The van der Waals surface area contributed by atoms with Gasteiger partial charge in [-0.15, -0.1) is 0 Å². The molecule has 0 radical (unpaired) electrons. The van der Waals surface area contributed by atoms with Gasteiger partial charge in [0.25, 0.3) is 0 Å². The van der Waals surface area contributed by atoms with Gasteiger partial charge in [0.2, 0.25) is 0 Å². The Morgan fingerprint density at radius 2 is 2.29 bits per heavy atom. The Morgan fingerprint density at radius 3 is 3.00 bits per heavy atom. The second-order valence-corrected chi connectivity index (χ2v) is 6.27. The lowest BCUT2D eigenvalue weighted by molar-refractivity contribution is 0.143. The maximum absolute atomic E-state index is 6.43. The molecule has 1 aliphatic heterocycles. The highest BCUT2D eigenvalue weighted by Crippen LogP contribution is 2.27. The molecule has 1 heterocycles. The quantitative estimate of drug-likeness (QED) is 0.777. The molecule has 1 atom stereocenters. The molecule has 0 saturated carbocycles. The highest BCUT2D eigenvalue weighted by Gasteiger charge is 2.20. The van der Waals surface area contributed by atoms with Crippen LogP contribution in [0, 0.1) is 5.92 Å². The third kappa shape index (κ3) is 4.87. The van der Waals surface area contributed by atoms with Crippen LogP contribution in [0.25, 0.3) is 0 Å². The van der Waals surface area contributed by atoms with Crippen molar-refractivity contribution in [3.8, 4) is 0 Å². The Labute approximate surface area is 133 Å². The van der Waals surface area contributed by atoms with E-state index in [0.29, 0.717) is 5.92 Å². The first kappa shape index (κ1) is 16.6. The third-order valence-electron chi connectivity index (χ3n) is 4.07. The van der Waals surface area contributed by atoms with E-state index in [1.54, 1.807) is 7.11 Å². The SMILES string of the molecule is CCCNCc1ccc(N2CCCC(COC)C2)cc1Cl. The van der Waals surface area contributed by atoms with E-state index in [2.05, 4.69) is 35.3 Å². The molecule has 2 rings (SSSR count). The van der Waals surface area contributed by atoms with Crippen LogP contribution in [0.2, 0.25) is 5.02 Å². The number of hydrogen-bond acceptors (Lipinski definition) is 3. The van der Waals surface area contributed by atoms with Crippen molar-refractivity contribution in [3.05, 3.63) is 28.8 Å². The first-order chi connectivity index (χ1) is 10.2. The molecule has 1 unspecified atom stereocenters. The standard InChI is InChI=1S/C17H27ClN2O/c1-3-8-19-11-15-6-7-16(10-17(15)18)20-9-4-5-14(12-20)13-21-2/h6-7,10,14,19H,3-5,8-9,11-13H2,1-2H3. The fourth-order valence-corrected chi connectivity index (χ4v) is 3.19. The van der Waals surface area contributed by atoms with Gasteiger partial charge in [0.05, 0.1) is 6.61 Å². The molecule has 4 heteroatoms. The Balaban J connectivity index is 1.98. The van der Waals surface area contributed by atoms with E-state index in [1.165, 1.54) is 24.1 Å². The number of anilines is 1. The Bertz CT molecular complexity index is 437. The molecule has 1 aromatic rings. The first-order valence-electron chi connectivity index (χ1n) is 7.97. The van der Waals surface area contributed by atoms with Gasteiger partial charge in [0.15, 0.2) is 0 Å². The average molecular weight is 311 g/mol. The minimum absolute atomic E-state index is 0.633. The molecule has 3 nitrogen and oxygen atoms in total. The summed E-state index contributed by atoms with van der Waals surface area (Å²) in [7, 11) is 1.79. The van der Waals surface area contributed by atoms with Crippen molar-refractivity contribution in [2.45, 2.75) is 32.7 Å². The van der Waals surface area contributed by atoms with Gasteiger partial charge in [0, 0.05) is 37.5 Å². The van der Waals surface area contributed by atoms with Crippen LogP contribution in [-0.2, 0) is 11.3 Å². The molecule has 1 aliphatic rings. The fraction of sp³-hybridized carbons (Fsp3) is 0.647. The van der Waals surface area contributed by atoms with Crippen molar-refractivity contribution < 1.29 is 4.74 Å². The number of rotatable bonds is 7. The second-order valence-electron chi connectivity index (χ2n) is 5.86. The van der Waals surface area contributed by atoms with Crippen molar-refractivity contribution in [3.63, 3.8) is 0 Å². The average Bonchev–Trinajstić information content (AvgIpc) is 2.50. The molecular weight excluding hydrogens is 284 g/mol. The van der Waals surface area contributed by atoms with Crippen LogP contribution in [-0.4, -0.2) is 33.4 Å². The number of nitrogens with zero attached hydrogens (tertiary/aromatic N) is 1. The van der Waals surface area contributed by atoms with Crippen LogP contribution in [0.3, 0.4) is 0 Å². The second kappa shape index (κ2) is 8.62. The van der Waals surface area contributed by atoms with Crippen LogP contribution in [0.15, 0.2) is 18.2 Å². The summed E-state index contributed by atoms with van der Waals surface area (Å²) in [5, 5.41) is 4.27. The van der Waals surface area contributed by atoms with E-state index in [9.17, 15) is 0 Å². The van der Waals surface area contributed by atoms with Crippen LogP contribution in [0.5, 0.6) is 0 Å². The molecule has 0 bridgehead atoms. The van der Waals surface area contributed by atoms with Gasteiger partial charge in [-0.1, -0.05) is 24.6 Å². The predicted octanol–water partition coefficient (Wildman–Crippen LogP) is 3.70. The Morgan fingerprint density at radius 1 is 1.43 bits per heavy atom. The lowest BCUT2D eigenvalue weighted by atomic mass is 9.98.